The normalized spacial score (nSPS) is 11.9. The van der Waals surface area contributed by atoms with Gasteiger partial charge >= 0.3 is 0 Å². The van der Waals surface area contributed by atoms with Crippen molar-refractivity contribution in [3.8, 4) is 6.07 Å². The highest BCUT2D eigenvalue weighted by atomic mass is 32.2. The van der Waals surface area contributed by atoms with Crippen LogP contribution in [-0.2, 0) is 20.4 Å². The van der Waals surface area contributed by atoms with E-state index in [1.165, 1.54) is 17.8 Å². The Kier molecular flexibility index (Phi) is 5.98. The number of nitrogens with zero attached hydrogens (tertiary/aromatic N) is 3. The molecule has 0 saturated carbocycles. The number of nitriles is 1. The van der Waals surface area contributed by atoms with Crippen molar-refractivity contribution in [1.82, 2.24) is 9.36 Å². The van der Waals surface area contributed by atoms with Gasteiger partial charge in [0.1, 0.15) is 23.2 Å². The Labute approximate surface area is 168 Å². The van der Waals surface area contributed by atoms with Crippen molar-refractivity contribution in [2.24, 2.45) is 0 Å². The number of hydrogen-bond donors (Lipinski definition) is 1. The summed E-state index contributed by atoms with van der Waals surface area (Å²) in [5.41, 5.74) is -0.229. The molecule has 3 aromatic heterocycles. The summed E-state index contributed by atoms with van der Waals surface area (Å²) in [5, 5.41) is 11.8. The number of furan rings is 2. The lowest BCUT2D eigenvalue weighted by Gasteiger charge is -1.98. The molecule has 1 N–H and O–H groups in total. The molecule has 0 aliphatic rings. The van der Waals surface area contributed by atoms with Crippen molar-refractivity contribution >= 4 is 50.2 Å². The molecular weight excluding hydrogens is 424 g/mol. The Morgan fingerprint density at radius 2 is 2.25 bits per heavy atom. The molecule has 0 aliphatic carbocycles. The monoisotopic (exact) mass is 436 g/mol. The number of carbonyl (C=O) groups excluding carboxylic acids is 1. The molecule has 0 bridgehead atoms. The van der Waals surface area contributed by atoms with E-state index in [0.717, 1.165) is 12.0 Å². The van der Waals surface area contributed by atoms with Gasteiger partial charge in [-0.25, -0.2) is 8.42 Å². The summed E-state index contributed by atoms with van der Waals surface area (Å²) in [6.07, 6.45) is 3.82. The lowest BCUT2D eigenvalue weighted by atomic mass is 10.2. The van der Waals surface area contributed by atoms with Crippen LogP contribution in [-0.4, -0.2) is 29.9 Å². The van der Waals surface area contributed by atoms with E-state index < -0.39 is 15.7 Å². The van der Waals surface area contributed by atoms with E-state index in [9.17, 15) is 18.5 Å². The molecule has 12 heteroatoms. The molecule has 3 rings (SSSR count). The minimum atomic E-state index is -3.58. The standard InChI is InChI=1S/C16H12N4O5S3/c1-28(22,23)16-19-15(27-20-16)18-14(21)10(8-17)7-11-4-5-13(25-11)26-9-12-3-2-6-24-12/h2-7H,9H2,1H3,(H,18,19,20,21)/b10-7-. The third-order valence-electron chi connectivity index (χ3n) is 3.15. The summed E-state index contributed by atoms with van der Waals surface area (Å²) >= 11 is 2.11. The Bertz CT molecular complexity index is 1150. The van der Waals surface area contributed by atoms with Gasteiger partial charge in [-0.15, -0.1) is 0 Å². The van der Waals surface area contributed by atoms with Crippen molar-refractivity contribution in [3.63, 3.8) is 0 Å². The first-order chi connectivity index (χ1) is 13.3. The van der Waals surface area contributed by atoms with Gasteiger partial charge in [-0.1, -0.05) is 11.8 Å². The first-order valence-corrected chi connectivity index (χ1v) is 11.2. The maximum absolute atomic E-state index is 12.2. The second-order valence-electron chi connectivity index (χ2n) is 5.30. The van der Waals surface area contributed by atoms with Crippen molar-refractivity contribution in [2.75, 3.05) is 11.6 Å². The summed E-state index contributed by atoms with van der Waals surface area (Å²) in [6.45, 7) is 0. The van der Waals surface area contributed by atoms with Gasteiger partial charge in [-0.2, -0.15) is 14.6 Å². The van der Waals surface area contributed by atoms with Gasteiger partial charge in [0.2, 0.25) is 15.0 Å². The molecule has 0 aliphatic heterocycles. The Morgan fingerprint density at radius 3 is 2.89 bits per heavy atom. The fourth-order valence-corrected chi connectivity index (χ4v) is 4.10. The van der Waals surface area contributed by atoms with Crippen LogP contribution in [0.25, 0.3) is 6.08 Å². The fourth-order valence-electron chi connectivity index (χ4n) is 1.89. The topological polar surface area (TPSA) is 139 Å². The van der Waals surface area contributed by atoms with Gasteiger partial charge in [-0.3, -0.25) is 10.1 Å². The number of anilines is 1. The van der Waals surface area contributed by atoms with Crippen LogP contribution in [0.3, 0.4) is 0 Å². The zero-order valence-corrected chi connectivity index (χ0v) is 16.7. The first-order valence-electron chi connectivity index (χ1n) is 7.57. The van der Waals surface area contributed by atoms with E-state index in [0.29, 0.717) is 28.1 Å². The molecule has 0 fully saturated rings. The average Bonchev–Trinajstić information content (AvgIpc) is 3.38. The molecule has 1 amide bonds. The van der Waals surface area contributed by atoms with Gasteiger partial charge in [0.05, 0.1) is 12.0 Å². The number of rotatable bonds is 7. The largest absolute Gasteiger partial charge is 0.468 e. The van der Waals surface area contributed by atoms with Crippen LogP contribution in [0.5, 0.6) is 0 Å². The Hall–Kier alpha value is -2.88. The molecule has 0 atom stereocenters. The second-order valence-corrected chi connectivity index (χ2v) is 8.94. The number of thioether (sulfide) groups is 1. The van der Waals surface area contributed by atoms with Crippen LogP contribution >= 0.6 is 23.3 Å². The van der Waals surface area contributed by atoms with Crippen molar-refractivity contribution < 1.29 is 22.0 Å². The third kappa shape index (κ3) is 5.10. The van der Waals surface area contributed by atoms with E-state index in [-0.39, 0.29) is 15.9 Å². The number of carbonyl (C=O) groups is 1. The average molecular weight is 436 g/mol. The maximum atomic E-state index is 12.2. The quantitative estimate of drug-likeness (QED) is 0.336. The summed E-state index contributed by atoms with van der Waals surface area (Å²) in [4.78, 5) is 15.9. The first kappa shape index (κ1) is 19.9. The minimum absolute atomic E-state index is 0.0271. The predicted molar refractivity (Wildman–Crippen MR) is 102 cm³/mol. The zero-order chi connectivity index (χ0) is 20.1. The smallest absolute Gasteiger partial charge is 0.268 e. The number of sulfone groups is 1. The van der Waals surface area contributed by atoms with Gasteiger partial charge in [0.25, 0.3) is 11.1 Å². The summed E-state index contributed by atoms with van der Waals surface area (Å²) in [5.74, 6) is 0.943. The molecular formula is C16H12N4O5S3. The summed E-state index contributed by atoms with van der Waals surface area (Å²) in [7, 11) is -3.58. The third-order valence-corrected chi connectivity index (χ3v) is 5.67. The lowest BCUT2D eigenvalue weighted by Crippen LogP contribution is -2.13. The van der Waals surface area contributed by atoms with Crippen LogP contribution in [0.15, 0.2) is 55.2 Å². The van der Waals surface area contributed by atoms with Crippen LogP contribution in [0, 0.1) is 11.3 Å². The Balaban J connectivity index is 1.67. The van der Waals surface area contributed by atoms with E-state index in [4.69, 9.17) is 8.83 Å². The predicted octanol–water partition coefficient (Wildman–Crippen LogP) is 2.97. The Morgan fingerprint density at radius 1 is 1.43 bits per heavy atom. The van der Waals surface area contributed by atoms with Gasteiger partial charge in [0, 0.05) is 23.9 Å². The van der Waals surface area contributed by atoms with E-state index in [1.807, 2.05) is 6.07 Å². The number of hydrogen-bond acceptors (Lipinski definition) is 10. The lowest BCUT2D eigenvalue weighted by molar-refractivity contribution is -0.112. The molecule has 0 aromatic carbocycles. The van der Waals surface area contributed by atoms with Crippen molar-refractivity contribution in [1.29, 1.82) is 5.26 Å². The minimum Gasteiger partial charge on any atom is -0.468 e. The fraction of sp³-hybridized carbons (Fsp3) is 0.125. The van der Waals surface area contributed by atoms with Gasteiger partial charge in [-0.05, 0) is 24.3 Å². The molecule has 28 heavy (non-hydrogen) atoms. The van der Waals surface area contributed by atoms with Crippen LogP contribution in [0.2, 0.25) is 0 Å². The van der Waals surface area contributed by atoms with Gasteiger partial charge < -0.3 is 8.83 Å². The number of amides is 1. The zero-order valence-electron chi connectivity index (χ0n) is 14.3. The van der Waals surface area contributed by atoms with E-state index in [1.54, 1.807) is 30.5 Å². The van der Waals surface area contributed by atoms with Gasteiger partial charge in [0.15, 0.2) is 5.09 Å². The van der Waals surface area contributed by atoms with E-state index >= 15 is 0 Å². The van der Waals surface area contributed by atoms with Crippen LogP contribution < -0.4 is 5.32 Å². The highest BCUT2D eigenvalue weighted by Crippen LogP contribution is 2.26. The molecule has 0 radical (unpaired) electrons. The molecule has 9 nitrogen and oxygen atoms in total. The molecule has 0 saturated heterocycles. The molecule has 3 heterocycles. The van der Waals surface area contributed by atoms with E-state index in [2.05, 4.69) is 14.7 Å². The summed E-state index contributed by atoms with van der Waals surface area (Å²) < 4.78 is 37.2. The number of nitrogens with one attached hydrogen (secondary N) is 1. The second kappa shape index (κ2) is 8.42. The van der Waals surface area contributed by atoms with Crippen molar-refractivity contribution in [2.45, 2.75) is 16.0 Å². The number of aromatic nitrogens is 2. The molecule has 0 spiro atoms. The molecule has 144 valence electrons. The van der Waals surface area contributed by atoms with Crippen LogP contribution in [0.4, 0.5) is 5.13 Å². The summed E-state index contributed by atoms with van der Waals surface area (Å²) in [6, 6.07) is 8.76. The highest BCUT2D eigenvalue weighted by molar-refractivity contribution is 7.98. The molecule has 3 aromatic rings. The SMILES string of the molecule is CS(=O)(=O)c1nsc(NC(=O)/C(C#N)=C\c2ccc(SCc3ccco3)o2)n1. The molecule has 0 unspecified atom stereocenters. The van der Waals surface area contributed by atoms with Crippen LogP contribution in [0.1, 0.15) is 11.5 Å². The maximum Gasteiger partial charge on any atom is 0.268 e. The van der Waals surface area contributed by atoms with Crippen molar-refractivity contribution in [3.05, 3.63) is 47.6 Å². The highest BCUT2D eigenvalue weighted by Gasteiger charge is 2.18.